The lowest BCUT2D eigenvalue weighted by Crippen LogP contribution is -2.16. The third-order valence-electron chi connectivity index (χ3n) is 4.03. The molecule has 0 fully saturated rings. The van der Waals surface area contributed by atoms with Crippen LogP contribution in [0.4, 0.5) is 11.4 Å². The highest BCUT2D eigenvalue weighted by Gasteiger charge is 2.12. The Morgan fingerprint density at radius 1 is 0.958 bits per heavy atom. The summed E-state index contributed by atoms with van der Waals surface area (Å²) in [5.74, 6) is 0. The lowest BCUT2D eigenvalue weighted by molar-refractivity contribution is 1.02. The van der Waals surface area contributed by atoms with Gasteiger partial charge >= 0.3 is 0 Å². The summed E-state index contributed by atoms with van der Waals surface area (Å²) in [4.78, 5) is 5.21. The molecule has 24 heavy (non-hydrogen) atoms. The van der Waals surface area contributed by atoms with E-state index >= 15 is 0 Å². The zero-order valence-corrected chi connectivity index (χ0v) is 16.0. The van der Waals surface area contributed by atoms with Gasteiger partial charge in [-0.05, 0) is 41.3 Å². The van der Waals surface area contributed by atoms with Gasteiger partial charge < -0.3 is 9.80 Å². The quantitative estimate of drug-likeness (QED) is 0.424. The molecule has 0 aliphatic carbocycles. The second-order valence-corrected chi connectivity index (χ2v) is 6.68. The van der Waals surface area contributed by atoms with Crippen molar-refractivity contribution in [2.45, 2.75) is 13.3 Å². The van der Waals surface area contributed by atoms with Gasteiger partial charge in [-0.3, -0.25) is 0 Å². The minimum absolute atomic E-state index is 0.855. The Bertz CT molecular complexity index is 702. The number of hydrogen-bond donors (Lipinski definition) is 0. The topological polar surface area (TPSA) is 6.48 Å². The molecular formula is C21H26N2S. The Balaban J connectivity index is 2.40. The van der Waals surface area contributed by atoms with Crippen LogP contribution in [0.1, 0.15) is 23.6 Å². The molecule has 0 heterocycles. The van der Waals surface area contributed by atoms with Crippen LogP contribution in [-0.4, -0.2) is 33.1 Å². The van der Waals surface area contributed by atoms with Crippen molar-refractivity contribution >= 4 is 34.5 Å². The second-order valence-electron chi connectivity index (χ2n) is 6.24. The highest BCUT2D eigenvalue weighted by Crippen LogP contribution is 2.31. The summed E-state index contributed by atoms with van der Waals surface area (Å²) in [6, 6.07) is 14.6. The number of nitrogens with zero attached hydrogens (tertiary/aromatic N) is 2. The van der Waals surface area contributed by atoms with Crippen LogP contribution >= 0.6 is 12.2 Å². The van der Waals surface area contributed by atoms with Crippen molar-refractivity contribution in [3.05, 3.63) is 65.2 Å². The van der Waals surface area contributed by atoms with Gasteiger partial charge in [0.1, 0.15) is 0 Å². The highest BCUT2D eigenvalue weighted by atomic mass is 32.1. The van der Waals surface area contributed by atoms with Crippen LogP contribution in [0.25, 0.3) is 6.08 Å². The van der Waals surface area contributed by atoms with E-state index in [4.69, 9.17) is 12.2 Å². The standard InChI is InChI=1S/C21H26N2S/c1-6-18-19(22(2)3)14-16(15-20(18)23(4)5)12-13-21(24)17-10-8-7-9-11-17/h7-15H,6H2,1-5H3. The van der Waals surface area contributed by atoms with E-state index in [1.54, 1.807) is 0 Å². The fraction of sp³-hybridized carbons (Fsp3) is 0.286. The van der Waals surface area contributed by atoms with E-state index in [0.29, 0.717) is 0 Å². The van der Waals surface area contributed by atoms with Crippen molar-refractivity contribution in [2.75, 3.05) is 38.0 Å². The van der Waals surface area contributed by atoms with Gasteiger partial charge in [0, 0.05) is 44.4 Å². The molecule has 0 saturated heterocycles. The molecule has 0 atom stereocenters. The number of anilines is 2. The maximum atomic E-state index is 5.53. The van der Waals surface area contributed by atoms with E-state index in [1.807, 2.05) is 36.4 Å². The Hall–Kier alpha value is -2.13. The molecule has 2 rings (SSSR count). The smallest absolute Gasteiger partial charge is 0.0449 e. The molecule has 0 bridgehead atoms. The van der Waals surface area contributed by atoms with Crippen LogP contribution in [0.3, 0.4) is 0 Å². The number of hydrogen-bond acceptors (Lipinski definition) is 3. The third-order valence-corrected chi connectivity index (χ3v) is 4.40. The zero-order valence-electron chi connectivity index (χ0n) is 15.2. The van der Waals surface area contributed by atoms with E-state index < -0.39 is 0 Å². The van der Waals surface area contributed by atoms with Crippen molar-refractivity contribution in [2.24, 2.45) is 0 Å². The molecule has 2 aromatic rings. The van der Waals surface area contributed by atoms with Gasteiger partial charge in [0.25, 0.3) is 0 Å². The van der Waals surface area contributed by atoms with Gasteiger partial charge in [0.05, 0.1) is 0 Å². The van der Waals surface area contributed by atoms with Gasteiger partial charge in [0.2, 0.25) is 0 Å². The van der Waals surface area contributed by atoms with Gasteiger partial charge in [-0.25, -0.2) is 0 Å². The summed E-state index contributed by atoms with van der Waals surface area (Å²) >= 11 is 5.53. The Kier molecular flexibility index (Phi) is 6.16. The lowest BCUT2D eigenvalue weighted by atomic mass is 10.0. The molecule has 2 nitrogen and oxygen atoms in total. The Labute approximate surface area is 151 Å². The first-order valence-corrected chi connectivity index (χ1v) is 8.64. The molecule has 126 valence electrons. The summed E-state index contributed by atoms with van der Waals surface area (Å²) in [7, 11) is 8.37. The minimum atomic E-state index is 0.855. The van der Waals surface area contributed by atoms with Crippen molar-refractivity contribution in [3.63, 3.8) is 0 Å². The van der Waals surface area contributed by atoms with Crippen molar-refractivity contribution in [1.82, 2.24) is 0 Å². The van der Waals surface area contributed by atoms with Gasteiger partial charge in [0.15, 0.2) is 0 Å². The molecule has 0 radical (unpaired) electrons. The first-order chi connectivity index (χ1) is 11.4. The molecule has 0 spiro atoms. The predicted octanol–water partition coefficient (Wildman–Crippen LogP) is 4.81. The van der Waals surface area contributed by atoms with E-state index in [1.165, 1.54) is 16.9 Å². The highest BCUT2D eigenvalue weighted by molar-refractivity contribution is 7.81. The normalized spacial score (nSPS) is 10.9. The van der Waals surface area contributed by atoms with E-state index in [-0.39, 0.29) is 0 Å². The van der Waals surface area contributed by atoms with Crippen LogP contribution < -0.4 is 9.80 Å². The number of rotatable bonds is 6. The molecule has 3 heteroatoms. The molecule has 0 amide bonds. The maximum absolute atomic E-state index is 5.53. The van der Waals surface area contributed by atoms with Gasteiger partial charge in [-0.1, -0.05) is 55.5 Å². The van der Waals surface area contributed by atoms with Gasteiger partial charge in [-0.2, -0.15) is 0 Å². The number of thiocarbonyl (C=S) groups is 1. The molecule has 0 aromatic heterocycles. The summed E-state index contributed by atoms with van der Waals surface area (Å²) < 4.78 is 0. The molecule has 2 aromatic carbocycles. The minimum Gasteiger partial charge on any atom is -0.377 e. The van der Waals surface area contributed by atoms with Crippen LogP contribution in [0.2, 0.25) is 0 Å². The zero-order chi connectivity index (χ0) is 17.7. The van der Waals surface area contributed by atoms with Gasteiger partial charge in [-0.15, -0.1) is 0 Å². The summed E-state index contributed by atoms with van der Waals surface area (Å²) in [5, 5.41) is 0. The van der Waals surface area contributed by atoms with Crippen LogP contribution in [0, 0.1) is 0 Å². The largest absolute Gasteiger partial charge is 0.377 e. The fourth-order valence-electron chi connectivity index (χ4n) is 2.79. The monoisotopic (exact) mass is 338 g/mol. The molecular weight excluding hydrogens is 312 g/mol. The first kappa shape index (κ1) is 18.2. The predicted molar refractivity (Wildman–Crippen MR) is 112 cm³/mol. The second kappa shape index (κ2) is 8.11. The van der Waals surface area contributed by atoms with Crippen molar-refractivity contribution in [3.8, 4) is 0 Å². The maximum Gasteiger partial charge on any atom is 0.0449 e. The Morgan fingerprint density at radius 2 is 1.50 bits per heavy atom. The third kappa shape index (κ3) is 4.24. The molecule has 0 aliphatic heterocycles. The van der Waals surface area contributed by atoms with Crippen LogP contribution in [0.5, 0.6) is 0 Å². The van der Waals surface area contributed by atoms with Crippen molar-refractivity contribution in [1.29, 1.82) is 0 Å². The summed E-state index contributed by atoms with van der Waals surface area (Å²) in [6.07, 6.45) is 5.13. The fourth-order valence-corrected chi connectivity index (χ4v) is 2.99. The van der Waals surface area contributed by atoms with E-state index in [0.717, 1.165) is 22.4 Å². The molecule has 0 saturated carbocycles. The van der Waals surface area contributed by atoms with Crippen molar-refractivity contribution < 1.29 is 0 Å². The first-order valence-electron chi connectivity index (χ1n) is 8.23. The van der Waals surface area contributed by atoms with E-state index in [2.05, 4.69) is 63.1 Å². The molecule has 0 N–H and O–H groups in total. The molecule has 0 aliphatic rings. The summed E-state index contributed by atoms with van der Waals surface area (Å²) in [5.41, 5.74) is 6.13. The van der Waals surface area contributed by atoms with Crippen LogP contribution in [0.15, 0.2) is 48.5 Å². The lowest BCUT2D eigenvalue weighted by Gasteiger charge is -2.24. The summed E-state index contributed by atoms with van der Waals surface area (Å²) in [6.45, 7) is 2.20. The van der Waals surface area contributed by atoms with Crippen LogP contribution in [-0.2, 0) is 6.42 Å². The average Bonchev–Trinajstić information content (AvgIpc) is 2.59. The SMILES string of the molecule is CCc1c(N(C)C)cc(C=CC(=S)c2ccccc2)cc1N(C)C. The average molecular weight is 339 g/mol. The van der Waals surface area contributed by atoms with E-state index in [9.17, 15) is 0 Å². The number of allylic oxidation sites excluding steroid dienone is 1. The Morgan fingerprint density at radius 3 is 1.96 bits per heavy atom. The molecule has 0 unspecified atom stereocenters. The number of benzene rings is 2.